The number of ether oxygens (including phenoxy) is 2. The third-order valence-electron chi connectivity index (χ3n) is 6.04. The van der Waals surface area contributed by atoms with Crippen molar-refractivity contribution in [2.45, 2.75) is 44.8 Å². The van der Waals surface area contributed by atoms with E-state index >= 15 is 0 Å². The first-order chi connectivity index (χ1) is 18.7. The van der Waals surface area contributed by atoms with E-state index in [1.807, 2.05) is 18.2 Å². The van der Waals surface area contributed by atoms with Crippen molar-refractivity contribution < 1.29 is 32.2 Å². The van der Waals surface area contributed by atoms with Gasteiger partial charge in [0.05, 0.1) is 18.8 Å². The third kappa shape index (κ3) is 8.13. The van der Waals surface area contributed by atoms with Crippen molar-refractivity contribution in [3.63, 3.8) is 0 Å². The summed E-state index contributed by atoms with van der Waals surface area (Å²) in [6.45, 7) is 0.520. The molecule has 12 heteroatoms. The van der Waals surface area contributed by atoms with Gasteiger partial charge in [-0.1, -0.05) is 36.6 Å². The van der Waals surface area contributed by atoms with Gasteiger partial charge < -0.3 is 19.7 Å². The van der Waals surface area contributed by atoms with E-state index in [0.717, 1.165) is 30.0 Å². The quantitative estimate of drug-likeness (QED) is 0.412. The molecule has 0 radical (unpaired) electrons. The molecule has 0 fully saturated rings. The molecular formula is C27H28ClF3N4O4. The third-order valence-corrected chi connectivity index (χ3v) is 6.27. The Labute approximate surface area is 228 Å². The van der Waals surface area contributed by atoms with Gasteiger partial charge in [0.2, 0.25) is 11.8 Å². The summed E-state index contributed by atoms with van der Waals surface area (Å²) in [4.78, 5) is 27.5. The fourth-order valence-electron chi connectivity index (χ4n) is 4.06. The number of hydrogen-bond acceptors (Lipinski definition) is 5. The zero-order valence-corrected chi connectivity index (χ0v) is 21.8. The van der Waals surface area contributed by atoms with Crippen LogP contribution in [0, 0.1) is 0 Å². The van der Waals surface area contributed by atoms with E-state index in [1.54, 1.807) is 24.3 Å². The molecule has 2 amide bonds. The van der Waals surface area contributed by atoms with Crippen LogP contribution in [0.15, 0.2) is 54.7 Å². The highest BCUT2D eigenvalue weighted by molar-refractivity contribution is 6.31. The predicted molar refractivity (Wildman–Crippen MR) is 139 cm³/mol. The molecule has 39 heavy (non-hydrogen) atoms. The highest BCUT2D eigenvalue weighted by Crippen LogP contribution is 2.36. The number of halogens is 4. The number of carbonyl (C=O) groups excluding carboxylic acids is 2. The summed E-state index contributed by atoms with van der Waals surface area (Å²) in [5, 5.41) is 6.63. The molecule has 0 saturated heterocycles. The highest BCUT2D eigenvalue weighted by atomic mass is 35.5. The van der Waals surface area contributed by atoms with Crippen LogP contribution in [0.4, 0.5) is 18.9 Å². The Kier molecular flexibility index (Phi) is 9.34. The largest absolute Gasteiger partial charge is 0.490 e. The van der Waals surface area contributed by atoms with E-state index in [-0.39, 0.29) is 25.4 Å². The normalized spacial score (nSPS) is 15.4. The smallest absolute Gasteiger partial charge is 0.435 e. The number of hydrogen-bond donors (Lipinski definition) is 1. The van der Waals surface area contributed by atoms with Crippen LogP contribution in [0.3, 0.4) is 0 Å². The van der Waals surface area contributed by atoms with Gasteiger partial charge in [-0.25, -0.2) is 0 Å². The maximum atomic E-state index is 13.0. The Hall–Kier alpha value is -3.73. The van der Waals surface area contributed by atoms with Crippen LogP contribution in [0.25, 0.3) is 0 Å². The van der Waals surface area contributed by atoms with E-state index in [0.29, 0.717) is 47.5 Å². The summed E-state index contributed by atoms with van der Waals surface area (Å²) < 4.78 is 51.6. The van der Waals surface area contributed by atoms with Crippen molar-refractivity contribution in [1.29, 1.82) is 0 Å². The summed E-state index contributed by atoms with van der Waals surface area (Å²) >= 11 is 6.17. The van der Waals surface area contributed by atoms with Crippen LogP contribution in [-0.2, 0) is 22.3 Å². The van der Waals surface area contributed by atoms with Gasteiger partial charge in [0, 0.05) is 30.7 Å². The van der Waals surface area contributed by atoms with Crippen molar-refractivity contribution in [1.82, 2.24) is 14.7 Å². The number of alkyl halides is 3. The summed E-state index contributed by atoms with van der Waals surface area (Å²) in [6, 6.07) is 12.9. The summed E-state index contributed by atoms with van der Waals surface area (Å²) in [6.07, 6.45) is -0.390. The highest BCUT2D eigenvalue weighted by Gasteiger charge is 2.33. The second-order valence-electron chi connectivity index (χ2n) is 9.03. The van der Waals surface area contributed by atoms with E-state index in [2.05, 4.69) is 10.4 Å². The fraction of sp³-hybridized carbons (Fsp3) is 0.370. The number of amides is 2. The van der Waals surface area contributed by atoms with Gasteiger partial charge >= 0.3 is 6.18 Å². The zero-order chi connectivity index (χ0) is 27.8. The van der Waals surface area contributed by atoms with Crippen molar-refractivity contribution in [2.75, 3.05) is 25.0 Å². The molecule has 4 rings (SSSR count). The van der Waals surface area contributed by atoms with Crippen LogP contribution in [0.5, 0.6) is 17.2 Å². The number of aryl methyl sites for hydroxylation is 1. The molecule has 1 aromatic heterocycles. The fourth-order valence-corrected chi connectivity index (χ4v) is 4.23. The maximum absolute atomic E-state index is 13.0. The topological polar surface area (TPSA) is 85.7 Å². The lowest BCUT2D eigenvalue weighted by atomic mass is 10.2. The molecular weight excluding hydrogens is 537 g/mol. The van der Waals surface area contributed by atoms with E-state index in [9.17, 15) is 22.8 Å². The minimum Gasteiger partial charge on any atom is -0.490 e. The number of carbonyl (C=O) groups is 2. The van der Waals surface area contributed by atoms with Crippen LogP contribution in [0.2, 0.25) is 5.02 Å². The summed E-state index contributed by atoms with van der Waals surface area (Å²) in [7, 11) is 0. The Morgan fingerprint density at radius 3 is 2.56 bits per heavy atom. The number of fused-ring (bicyclic) bond motifs is 2. The first-order valence-corrected chi connectivity index (χ1v) is 12.9. The van der Waals surface area contributed by atoms with Gasteiger partial charge in [0.1, 0.15) is 0 Å². The minimum absolute atomic E-state index is 0.0456. The number of para-hydroxylation sites is 2. The second kappa shape index (κ2) is 12.9. The van der Waals surface area contributed by atoms with Crippen molar-refractivity contribution in [2.24, 2.45) is 0 Å². The van der Waals surface area contributed by atoms with Crippen LogP contribution < -0.4 is 14.8 Å². The van der Waals surface area contributed by atoms with Crippen molar-refractivity contribution in [3.05, 3.63) is 65.4 Å². The molecule has 208 valence electrons. The van der Waals surface area contributed by atoms with E-state index < -0.39 is 17.8 Å². The van der Waals surface area contributed by atoms with Crippen molar-refractivity contribution in [3.8, 4) is 17.2 Å². The predicted octanol–water partition coefficient (Wildman–Crippen LogP) is 6.16. The first-order valence-electron chi connectivity index (χ1n) is 12.6. The van der Waals surface area contributed by atoms with Gasteiger partial charge in [-0.05, 0) is 49.2 Å². The van der Waals surface area contributed by atoms with Crippen molar-refractivity contribution >= 4 is 29.1 Å². The molecule has 1 N–H and O–H groups in total. The van der Waals surface area contributed by atoms with E-state index in [1.165, 1.54) is 11.1 Å². The minimum atomic E-state index is -4.56. The van der Waals surface area contributed by atoms with Gasteiger partial charge in [0.25, 0.3) is 0 Å². The lowest BCUT2D eigenvalue weighted by Gasteiger charge is -2.23. The summed E-state index contributed by atoms with van der Waals surface area (Å²) in [5.74, 6) is 0.563. The number of aromatic nitrogens is 2. The Balaban J connectivity index is 1.49. The number of rotatable bonds is 3. The van der Waals surface area contributed by atoms with Crippen LogP contribution in [0.1, 0.15) is 37.8 Å². The molecule has 8 nitrogen and oxygen atoms in total. The molecule has 0 aliphatic carbocycles. The monoisotopic (exact) mass is 564 g/mol. The average Bonchev–Trinajstić information content (AvgIpc) is 3.38. The SMILES string of the molecule is O=C1CN(C(=O)CCn2ccc(C(F)(F)F)n2)CCCCCCOc2ccccc2Oc2ccc(Cl)cc2N1. The lowest BCUT2D eigenvalue weighted by Crippen LogP contribution is -2.39. The molecule has 1 aliphatic rings. The molecule has 2 aromatic carbocycles. The van der Waals surface area contributed by atoms with Crippen LogP contribution >= 0.6 is 11.6 Å². The number of nitrogens with one attached hydrogen (secondary N) is 1. The molecule has 0 unspecified atom stereocenters. The zero-order valence-electron chi connectivity index (χ0n) is 21.0. The van der Waals surface area contributed by atoms with E-state index in [4.69, 9.17) is 21.1 Å². The number of anilines is 1. The molecule has 3 aromatic rings. The number of benzene rings is 2. The standard InChI is InChI=1S/C27H28ClF3N4O4/c28-19-9-10-21-20(17-19)32-25(36)18-34(26(37)12-15-35-14-11-24(33-35)27(29,30)31)13-5-1-2-6-16-38-22-7-3-4-8-23(22)39-21/h3-4,7-11,14,17H,1-2,5-6,12-13,15-16,18H2,(H,32,36). The number of nitrogens with zero attached hydrogens (tertiary/aromatic N) is 3. The molecule has 0 saturated carbocycles. The average molecular weight is 565 g/mol. The Morgan fingerprint density at radius 2 is 1.79 bits per heavy atom. The molecule has 2 heterocycles. The Bertz CT molecular complexity index is 1300. The Morgan fingerprint density at radius 1 is 1.03 bits per heavy atom. The van der Waals surface area contributed by atoms with Gasteiger partial charge in [-0.15, -0.1) is 0 Å². The molecule has 1 aliphatic heterocycles. The second-order valence-corrected chi connectivity index (χ2v) is 9.46. The molecule has 0 spiro atoms. The van der Waals surface area contributed by atoms with Gasteiger partial charge in [-0.2, -0.15) is 18.3 Å². The van der Waals surface area contributed by atoms with Gasteiger partial charge in [-0.3, -0.25) is 14.3 Å². The summed E-state index contributed by atoms with van der Waals surface area (Å²) in [5.41, 5.74) is -0.705. The first kappa shape index (κ1) is 28.3. The lowest BCUT2D eigenvalue weighted by molar-refractivity contribution is -0.141. The molecule has 0 bridgehead atoms. The maximum Gasteiger partial charge on any atom is 0.435 e. The van der Waals surface area contributed by atoms with Crippen LogP contribution in [-0.4, -0.2) is 46.2 Å². The molecule has 0 atom stereocenters. The van der Waals surface area contributed by atoms with Gasteiger partial charge in [0.15, 0.2) is 22.9 Å².